The Kier molecular flexibility index (Phi) is 1.81. The number of aromatic carboxylic acids is 1. The van der Waals surface area contributed by atoms with Gasteiger partial charge in [0.25, 0.3) is 0 Å². The maximum atomic E-state index is 10.7. The number of aromatic nitrogens is 3. The van der Waals surface area contributed by atoms with Crippen LogP contribution in [0.3, 0.4) is 0 Å². The van der Waals surface area contributed by atoms with E-state index in [1.807, 2.05) is 0 Å². The van der Waals surface area contributed by atoms with E-state index in [2.05, 4.69) is 10.3 Å². The zero-order valence-corrected chi connectivity index (χ0v) is 7.34. The molecule has 6 heteroatoms. The predicted octanol–water partition coefficient (Wildman–Crippen LogP) is 0.773. The van der Waals surface area contributed by atoms with E-state index in [1.54, 1.807) is 24.0 Å². The Balaban J connectivity index is 2.51. The van der Waals surface area contributed by atoms with Crippen molar-refractivity contribution in [2.24, 2.45) is 7.05 Å². The van der Waals surface area contributed by atoms with E-state index in [0.717, 1.165) is 6.20 Å². The van der Waals surface area contributed by atoms with Gasteiger partial charge in [-0.15, -0.1) is 0 Å². The highest BCUT2D eigenvalue weighted by Crippen LogP contribution is 2.20. The fourth-order valence-corrected chi connectivity index (χ4v) is 1.11. The second kappa shape index (κ2) is 2.99. The van der Waals surface area contributed by atoms with Gasteiger partial charge in [-0.1, -0.05) is 5.16 Å². The summed E-state index contributed by atoms with van der Waals surface area (Å²) in [4.78, 5) is 10.7. The van der Waals surface area contributed by atoms with E-state index < -0.39 is 5.97 Å². The normalized spacial score (nSPS) is 10.4. The van der Waals surface area contributed by atoms with Gasteiger partial charge in [0.05, 0.1) is 6.20 Å². The minimum atomic E-state index is -1.08. The Bertz CT molecular complexity index is 472. The average Bonchev–Trinajstić information content (AvgIpc) is 2.70. The van der Waals surface area contributed by atoms with Crippen LogP contribution in [-0.4, -0.2) is 26.0 Å². The van der Waals surface area contributed by atoms with Crippen LogP contribution in [0, 0.1) is 0 Å². The second-order valence-corrected chi connectivity index (χ2v) is 2.75. The lowest BCUT2D eigenvalue weighted by molar-refractivity contribution is 0.0697. The van der Waals surface area contributed by atoms with Crippen molar-refractivity contribution >= 4 is 5.97 Å². The molecule has 1 N–H and O–H groups in total. The number of carboxylic acids is 1. The summed E-state index contributed by atoms with van der Waals surface area (Å²) in [5, 5.41) is 16.2. The lowest BCUT2D eigenvalue weighted by Crippen LogP contribution is -1.96. The summed E-state index contributed by atoms with van der Waals surface area (Å²) >= 11 is 0. The molecule has 0 saturated heterocycles. The van der Waals surface area contributed by atoms with Crippen molar-refractivity contribution < 1.29 is 14.4 Å². The zero-order valence-electron chi connectivity index (χ0n) is 7.34. The molecule has 2 heterocycles. The first-order valence-corrected chi connectivity index (χ1v) is 3.86. The van der Waals surface area contributed by atoms with Crippen LogP contribution in [0.15, 0.2) is 23.0 Å². The molecule has 0 unspecified atom stereocenters. The first-order valence-electron chi connectivity index (χ1n) is 3.86. The molecule has 6 nitrogen and oxygen atoms in total. The average molecular weight is 193 g/mol. The number of aryl methyl sites for hydroxylation is 1. The number of hydrogen-bond donors (Lipinski definition) is 1. The van der Waals surface area contributed by atoms with E-state index in [0.29, 0.717) is 5.69 Å². The predicted molar refractivity (Wildman–Crippen MR) is 45.7 cm³/mol. The van der Waals surface area contributed by atoms with Gasteiger partial charge in [0.2, 0.25) is 5.76 Å². The van der Waals surface area contributed by atoms with Gasteiger partial charge in [0.15, 0.2) is 0 Å². The Morgan fingerprint density at radius 1 is 1.64 bits per heavy atom. The van der Waals surface area contributed by atoms with Crippen LogP contribution in [0.4, 0.5) is 0 Å². The third-order valence-electron chi connectivity index (χ3n) is 1.75. The van der Waals surface area contributed by atoms with Crippen LogP contribution in [0.1, 0.15) is 10.4 Å². The van der Waals surface area contributed by atoms with Gasteiger partial charge in [-0.2, -0.15) is 5.10 Å². The summed E-state index contributed by atoms with van der Waals surface area (Å²) in [7, 11) is 1.74. The molecule has 0 radical (unpaired) electrons. The number of rotatable bonds is 2. The molecule has 2 aromatic rings. The third-order valence-corrected chi connectivity index (χ3v) is 1.75. The molecule has 0 aliphatic heterocycles. The number of carboxylic acid groups (broad SMARTS) is 1. The summed E-state index contributed by atoms with van der Waals surface area (Å²) < 4.78 is 6.38. The van der Waals surface area contributed by atoms with Crippen LogP contribution < -0.4 is 0 Å². The topological polar surface area (TPSA) is 81.2 Å². The summed E-state index contributed by atoms with van der Waals surface area (Å²) in [5.74, 6) is -0.898. The monoisotopic (exact) mass is 193 g/mol. The Morgan fingerprint density at radius 2 is 2.43 bits per heavy atom. The highest BCUT2D eigenvalue weighted by molar-refractivity contribution is 5.93. The van der Waals surface area contributed by atoms with Crippen LogP contribution in [0.2, 0.25) is 0 Å². The van der Waals surface area contributed by atoms with Crippen molar-refractivity contribution in [3.05, 3.63) is 24.0 Å². The molecule has 2 rings (SSSR count). The molecule has 14 heavy (non-hydrogen) atoms. The third kappa shape index (κ3) is 1.26. The zero-order chi connectivity index (χ0) is 10.1. The molecule has 0 bridgehead atoms. The van der Waals surface area contributed by atoms with Crippen molar-refractivity contribution in [2.75, 3.05) is 0 Å². The molecule has 0 amide bonds. The molecule has 0 atom stereocenters. The van der Waals surface area contributed by atoms with Gasteiger partial charge < -0.3 is 9.63 Å². The Morgan fingerprint density at radius 3 is 3.00 bits per heavy atom. The quantitative estimate of drug-likeness (QED) is 0.761. The van der Waals surface area contributed by atoms with Gasteiger partial charge in [-0.05, 0) is 6.07 Å². The highest BCUT2D eigenvalue weighted by Gasteiger charge is 2.18. The van der Waals surface area contributed by atoms with Gasteiger partial charge in [0.1, 0.15) is 11.3 Å². The Hall–Kier alpha value is -2.11. The maximum absolute atomic E-state index is 10.7. The lowest BCUT2D eigenvalue weighted by Gasteiger charge is -1.90. The summed E-state index contributed by atoms with van der Waals surface area (Å²) in [6.07, 6.45) is 2.86. The van der Waals surface area contributed by atoms with Gasteiger partial charge in [0, 0.05) is 13.2 Å². The molecule has 0 aromatic carbocycles. The largest absolute Gasteiger partial charge is 0.477 e. The van der Waals surface area contributed by atoms with Gasteiger partial charge in [-0.3, -0.25) is 4.68 Å². The van der Waals surface area contributed by atoms with Crippen LogP contribution in [-0.2, 0) is 7.05 Å². The SMILES string of the molecule is Cn1ccc(-c2oncc2C(=O)O)n1. The number of nitrogens with zero attached hydrogens (tertiary/aromatic N) is 3. The second-order valence-electron chi connectivity index (χ2n) is 2.75. The summed E-state index contributed by atoms with van der Waals surface area (Å²) in [6, 6.07) is 1.66. The van der Waals surface area contributed by atoms with Crippen LogP contribution in [0.25, 0.3) is 11.5 Å². The smallest absolute Gasteiger partial charge is 0.341 e. The van der Waals surface area contributed by atoms with E-state index in [4.69, 9.17) is 9.63 Å². The van der Waals surface area contributed by atoms with Crippen LogP contribution in [0.5, 0.6) is 0 Å². The van der Waals surface area contributed by atoms with Gasteiger partial charge >= 0.3 is 5.97 Å². The van der Waals surface area contributed by atoms with Crippen molar-refractivity contribution in [3.8, 4) is 11.5 Å². The molecule has 0 saturated carbocycles. The van der Waals surface area contributed by atoms with Crippen molar-refractivity contribution in [3.63, 3.8) is 0 Å². The maximum Gasteiger partial charge on any atom is 0.341 e. The first-order chi connectivity index (χ1) is 6.68. The van der Waals surface area contributed by atoms with E-state index >= 15 is 0 Å². The van der Waals surface area contributed by atoms with Crippen molar-refractivity contribution in [1.82, 2.24) is 14.9 Å². The van der Waals surface area contributed by atoms with Gasteiger partial charge in [-0.25, -0.2) is 4.79 Å². The molecule has 72 valence electrons. The fourth-order valence-electron chi connectivity index (χ4n) is 1.11. The minimum Gasteiger partial charge on any atom is -0.477 e. The van der Waals surface area contributed by atoms with E-state index in [9.17, 15) is 4.79 Å². The fraction of sp³-hybridized carbons (Fsp3) is 0.125. The number of hydrogen-bond acceptors (Lipinski definition) is 4. The van der Waals surface area contributed by atoms with Crippen molar-refractivity contribution in [1.29, 1.82) is 0 Å². The summed E-state index contributed by atoms with van der Waals surface area (Å²) in [5.41, 5.74) is 0.478. The Labute approximate surface area is 78.7 Å². The molecular formula is C8H7N3O3. The standard InChI is InChI=1S/C8H7N3O3/c1-11-3-2-6(10-11)7-5(8(12)13)4-9-14-7/h2-4H,1H3,(H,12,13). The molecule has 0 aliphatic rings. The molecule has 0 spiro atoms. The van der Waals surface area contributed by atoms with E-state index in [-0.39, 0.29) is 11.3 Å². The minimum absolute atomic E-state index is 0.0173. The molecule has 2 aromatic heterocycles. The summed E-state index contributed by atoms with van der Waals surface area (Å²) in [6.45, 7) is 0. The molecule has 0 aliphatic carbocycles. The highest BCUT2D eigenvalue weighted by atomic mass is 16.5. The number of carbonyl (C=O) groups is 1. The van der Waals surface area contributed by atoms with Crippen LogP contribution >= 0.6 is 0 Å². The lowest BCUT2D eigenvalue weighted by atomic mass is 10.2. The van der Waals surface area contributed by atoms with Crippen molar-refractivity contribution in [2.45, 2.75) is 0 Å². The van der Waals surface area contributed by atoms with E-state index in [1.165, 1.54) is 0 Å². The molecule has 0 fully saturated rings. The molecular weight excluding hydrogens is 186 g/mol. The first kappa shape index (κ1) is 8.49.